The van der Waals surface area contributed by atoms with Crippen molar-refractivity contribution in [3.05, 3.63) is 63.7 Å². The van der Waals surface area contributed by atoms with E-state index in [2.05, 4.69) is 20.3 Å². The maximum atomic E-state index is 12.3. The number of hydrogen-bond acceptors (Lipinski definition) is 6. The molecule has 0 spiro atoms. The van der Waals surface area contributed by atoms with Crippen molar-refractivity contribution in [2.75, 3.05) is 27.2 Å². The Hall–Kier alpha value is -2.45. The number of nitrogens with zero attached hydrogens (tertiary/aromatic N) is 2. The number of nitrogens with one attached hydrogen (secondary N) is 3. The van der Waals surface area contributed by atoms with Crippen LogP contribution in [0.15, 0.2) is 52.4 Å². The molecule has 0 heterocycles. The van der Waals surface area contributed by atoms with Crippen molar-refractivity contribution >= 4 is 45.6 Å². The fourth-order valence-electron chi connectivity index (χ4n) is 2.61. The Labute approximate surface area is 198 Å². The van der Waals surface area contributed by atoms with Gasteiger partial charge < -0.3 is 15.4 Å². The van der Waals surface area contributed by atoms with Crippen LogP contribution in [-0.2, 0) is 16.6 Å². The molecule has 0 amide bonds. The van der Waals surface area contributed by atoms with Crippen molar-refractivity contribution in [2.45, 2.75) is 18.4 Å². The number of nitro groups is 1. The molecule has 3 N–H and O–H groups in total. The predicted molar refractivity (Wildman–Crippen MR) is 130 cm³/mol. The number of non-ortho nitro benzene ring substituents is 1. The molecule has 31 heavy (non-hydrogen) atoms. The van der Waals surface area contributed by atoms with E-state index in [0.29, 0.717) is 12.5 Å². The fraction of sp³-hybridized carbons (Fsp3) is 0.316. The number of aryl methyl sites for hydroxylation is 1. The number of nitro benzene ring substituents is 1. The number of guanidine groups is 1. The number of sulfonamides is 1. The fourth-order valence-corrected chi connectivity index (χ4v) is 3.68. The Morgan fingerprint density at radius 2 is 1.90 bits per heavy atom. The molecule has 12 heteroatoms. The first-order valence-electron chi connectivity index (χ1n) is 9.09. The van der Waals surface area contributed by atoms with Gasteiger partial charge >= 0.3 is 0 Å². The summed E-state index contributed by atoms with van der Waals surface area (Å²) < 4.78 is 32.4. The zero-order valence-corrected chi connectivity index (χ0v) is 20.6. The minimum Gasteiger partial charge on any atom is -0.496 e. The molecule has 0 radical (unpaired) electrons. The Kier molecular flexibility index (Phi) is 10.6. The molecule has 0 saturated carbocycles. The van der Waals surface area contributed by atoms with Crippen LogP contribution in [0.3, 0.4) is 0 Å². The average molecular weight is 563 g/mol. The molecule has 0 unspecified atom stereocenters. The van der Waals surface area contributed by atoms with Gasteiger partial charge in [-0.3, -0.25) is 15.1 Å². The van der Waals surface area contributed by atoms with E-state index in [4.69, 9.17) is 4.74 Å². The van der Waals surface area contributed by atoms with Crippen molar-refractivity contribution in [3.63, 3.8) is 0 Å². The van der Waals surface area contributed by atoms with E-state index < -0.39 is 14.9 Å². The predicted octanol–water partition coefficient (Wildman–Crippen LogP) is 2.17. The highest BCUT2D eigenvalue weighted by Gasteiger charge is 2.17. The molecule has 0 bridgehead atoms. The third-order valence-corrected chi connectivity index (χ3v) is 5.62. The van der Waals surface area contributed by atoms with Crippen LogP contribution in [-0.4, -0.2) is 46.5 Å². The lowest BCUT2D eigenvalue weighted by molar-refractivity contribution is -0.385. The molecule has 2 rings (SSSR count). The van der Waals surface area contributed by atoms with Gasteiger partial charge in [-0.05, 0) is 24.6 Å². The van der Waals surface area contributed by atoms with Gasteiger partial charge in [-0.15, -0.1) is 24.0 Å². The normalized spacial score (nSPS) is 11.4. The van der Waals surface area contributed by atoms with Crippen molar-refractivity contribution in [1.29, 1.82) is 0 Å². The second-order valence-electron chi connectivity index (χ2n) is 6.32. The largest absolute Gasteiger partial charge is 0.496 e. The van der Waals surface area contributed by atoms with Crippen LogP contribution in [0.25, 0.3) is 0 Å². The molecule has 170 valence electrons. The summed E-state index contributed by atoms with van der Waals surface area (Å²) >= 11 is 0. The Morgan fingerprint density at radius 3 is 2.55 bits per heavy atom. The number of benzene rings is 2. The van der Waals surface area contributed by atoms with E-state index in [1.807, 2.05) is 25.1 Å². The van der Waals surface area contributed by atoms with E-state index in [0.717, 1.165) is 22.9 Å². The van der Waals surface area contributed by atoms with Crippen molar-refractivity contribution < 1.29 is 18.1 Å². The lowest BCUT2D eigenvalue weighted by atomic mass is 10.1. The first-order chi connectivity index (χ1) is 14.3. The number of aliphatic imine (C=N–C) groups is 1. The van der Waals surface area contributed by atoms with Crippen molar-refractivity contribution in [1.82, 2.24) is 15.4 Å². The summed E-state index contributed by atoms with van der Waals surface area (Å²) in [5.41, 5.74) is 1.76. The number of halogens is 1. The van der Waals surface area contributed by atoms with Crippen LogP contribution in [0.5, 0.6) is 5.75 Å². The zero-order valence-electron chi connectivity index (χ0n) is 17.4. The monoisotopic (exact) mass is 563 g/mol. The first kappa shape index (κ1) is 26.6. The smallest absolute Gasteiger partial charge is 0.270 e. The van der Waals surface area contributed by atoms with Gasteiger partial charge in [-0.1, -0.05) is 18.2 Å². The van der Waals surface area contributed by atoms with Gasteiger partial charge in [0.1, 0.15) is 5.75 Å². The van der Waals surface area contributed by atoms with E-state index in [9.17, 15) is 18.5 Å². The minimum atomic E-state index is -3.86. The summed E-state index contributed by atoms with van der Waals surface area (Å²) in [6.45, 7) is 2.79. The molecule has 0 aliphatic heterocycles. The van der Waals surface area contributed by atoms with Crippen LogP contribution in [0, 0.1) is 17.0 Å². The topological polar surface area (TPSA) is 135 Å². The van der Waals surface area contributed by atoms with Gasteiger partial charge in [0.05, 0.1) is 16.9 Å². The molecule has 10 nitrogen and oxygen atoms in total. The van der Waals surface area contributed by atoms with Crippen LogP contribution >= 0.6 is 24.0 Å². The number of ether oxygens (including phenoxy) is 1. The third-order valence-electron chi connectivity index (χ3n) is 4.16. The molecule has 0 atom stereocenters. The van der Waals surface area contributed by atoms with Crippen LogP contribution < -0.4 is 20.1 Å². The summed E-state index contributed by atoms with van der Waals surface area (Å²) in [5.74, 6) is 1.26. The average Bonchev–Trinajstić information content (AvgIpc) is 2.73. The highest BCUT2D eigenvalue weighted by atomic mass is 127. The standard InChI is InChI=1S/C19H25N5O5S.HI/c1-14-7-8-15(18(11-14)29-3)13-22-19(20-2)21-9-10-23-30(27,28)17-6-4-5-16(12-17)24(25)26;/h4-8,11-12,23H,9-10,13H2,1-3H3,(H2,20,21,22);1H. The second kappa shape index (κ2) is 12.4. The van der Waals surface area contributed by atoms with Gasteiger partial charge in [0.2, 0.25) is 10.0 Å². The van der Waals surface area contributed by atoms with Crippen molar-refractivity contribution in [2.24, 2.45) is 4.99 Å². The Morgan fingerprint density at radius 1 is 1.16 bits per heavy atom. The summed E-state index contributed by atoms with van der Waals surface area (Å²) in [5, 5.41) is 17.0. The highest BCUT2D eigenvalue weighted by molar-refractivity contribution is 14.0. The van der Waals surface area contributed by atoms with Gasteiger partial charge in [0.15, 0.2) is 5.96 Å². The van der Waals surface area contributed by atoms with Crippen LogP contribution in [0.4, 0.5) is 5.69 Å². The molecular weight excluding hydrogens is 537 g/mol. The lowest BCUT2D eigenvalue weighted by Crippen LogP contribution is -2.41. The summed E-state index contributed by atoms with van der Waals surface area (Å²) in [7, 11) is -0.645. The van der Waals surface area contributed by atoms with E-state index in [-0.39, 0.29) is 47.6 Å². The van der Waals surface area contributed by atoms with Crippen LogP contribution in [0.1, 0.15) is 11.1 Å². The molecule has 0 saturated heterocycles. The molecule has 2 aromatic rings. The van der Waals surface area contributed by atoms with Gasteiger partial charge in [0.25, 0.3) is 5.69 Å². The van der Waals surface area contributed by atoms with Crippen LogP contribution in [0.2, 0.25) is 0 Å². The maximum absolute atomic E-state index is 12.3. The lowest BCUT2D eigenvalue weighted by Gasteiger charge is -2.14. The SMILES string of the molecule is CN=C(NCCNS(=O)(=O)c1cccc([N+](=O)[O-])c1)NCc1ccc(C)cc1OC.I. The molecule has 0 fully saturated rings. The van der Waals surface area contributed by atoms with Gasteiger partial charge in [0, 0.05) is 44.4 Å². The minimum absolute atomic E-state index is 0. The molecule has 0 aromatic heterocycles. The number of methoxy groups -OCH3 is 1. The van der Waals surface area contributed by atoms with E-state index >= 15 is 0 Å². The number of hydrogen-bond donors (Lipinski definition) is 3. The molecule has 0 aliphatic rings. The third kappa shape index (κ3) is 7.95. The molecular formula is C19H26IN5O5S. The molecule has 0 aliphatic carbocycles. The summed E-state index contributed by atoms with van der Waals surface area (Å²) in [6.07, 6.45) is 0. The Balaban J connectivity index is 0.00000480. The van der Waals surface area contributed by atoms with Gasteiger partial charge in [-0.2, -0.15) is 0 Å². The first-order valence-corrected chi connectivity index (χ1v) is 10.6. The van der Waals surface area contributed by atoms with Gasteiger partial charge in [-0.25, -0.2) is 13.1 Å². The van der Waals surface area contributed by atoms with Crippen molar-refractivity contribution in [3.8, 4) is 5.75 Å². The molecule has 2 aromatic carbocycles. The Bertz CT molecular complexity index is 1030. The summed E-state index contributed by atoms with van der Waals surface area (Å²) in [6, 6.07) is 10.8. The number of rotatable bonds is 9. The van der Waals surface area contributed by atoms with E-state index in [1.165, 1.54) is 18.2 Å². The zero-order chi connectivity index (χ0) is 22.1. The summed E-state index contributed by atoms with van der Waals surface area (Å²) in [4.78, 5) is 14.1. The van der Waals surface area contributed by atoms with E-state index in [1.54, 1.807) is 14.2 Å². The second-order valence-corrected chi connectivity index (χ2v) is 8.09. The highest BCUT2D eigenvalue weighted by Crippen LogP contribution is 2.19. The quantitative estimate of drug-likeness (QED) is 0.106. The maximum Gasteiger partial charge on any atom is 0.270 e.